The first-order valence-corrected chi connectivity index (χ1v) is 10.3. The van der Waals surface area contributed by atoms with Gasteiger partial charge in [0.2, 0.25) is 0 Å². The maximum Gasteiger partial charge on any atom is 0.185 e. The molecule has 0 amide bonds. The van der Waals surface area contributed by atoms with Gasteiger partial charge in [0.1, 0.15) is 5.69 Å². The molecule has 2 heterocycles. The number of hydrogen-bond acceptors (Lipinski definition) is 5. The molecule has 0 radical (unpaired) electrons. The smallest absolute Gasteiger partial charge is 0.185 e. The van der Waals surface area contributed by atoms with Crippen LogP contribution in [0, 0.1) is 5.92 Å². The predicted molar refractivity (Wildman–Crippen MR) is 96.1 cm³/mol. The van der Waals surface area contributed by atoms with Crippen LogP contribution in [0.4, 0.5) is 0 Å². The fourth-order valence-electron chi connectivity index (χ4n) is 3.23. The molecule has 1 fully saturated rings. The van der Waals surface area contributed by atoms with E-state index in [4.69, 9.17) is 0 Å². The minimum atomic E-state index is -3.17. The van der Waals surface area contributed by atoms with Gasteiger partial charge in [0, 0.05) is 31.5 Å². The predicted octanol–water partition coefficient (Wildman–Crippen LogP) is 2.58. The van der Waals surface area contributed by atoms with Crippen molar-refractivity contribution in [2.75, 3.05) is 19.3 Å². The average Bonchev–Trinajstić information content (AvgIpc) is 2.62. The zero-order chi connectivity index (χ0) is 17.9. The molecule has 25 heavy (non-hydrogen) atoms. The summed E-state index contributed by atoms with van der Waals surface area (Å²) in [6.45, 7) is 2.37. The lowest BCUT2D eigenvalue weighted by Gasteiger charge is -2.31. The molecule has 0 saturated carbocycles. The highest BCUT2D eigenvalue weighted by molar-refractivity contribution is 7.90. The number of Topliss-reactive ketones (excluding diaryl/α,β-unsaturated/α-hetero) is 1. The highest BCUT2D eigenvalue weighted by Crippen LogP contribution is 2.22. The molecule has 1 aliphatic heterocycles. The van der Waals surface area contributed by atoms with Crippen LogP contribution in [0.1, 0.15) is 28.9 Å². The first-order valence-electron chi connectivity index (χ1n) is 8.40. The molecule has 0 spiro atoms. The van der Waals surface area contributed by atoms with Crippen LogP contribution in [0.15, 0.2) is 53.6 Å². The van der Waals surface area contributed by atoms with Gasteiger partial charge in [-0.3, -0.25) is 14.7 Å². The van der Waals surface area contributed by atoms with E-state index in [0.717, 1.165) is 31.5 Å². The van der Waals surface area contributed by atoms with Crippen molar-refractivity contribution in [3.63, 3.8) is 0 Å². The number of ketones is 1. The molecule has 3 rings (SSSR count). The first-order chi connectivity index (χ1) is 11.9. The van der Waals surface area contributed by atoms with E-state index in [9.17, 15) is 13.2 Å². The first kappa shape index (κ1) is 17.8. The number of benzene rings is 1. The number of hydrogen-bond donors (Lipinski definition) is 0. The average molecular weight is 358 g/mol. The Labute approximate surface area is 148 Å². The third-order valence-electron chi connectivity index (χ3n) is 4.55. The van der Waals surface area contributed by atoms with Crippen LogP contribution in [0.2, 0.25) is 0 Å². The molecular formula is C19H22N2O3S. The van der Waals surface area contributed by atoms with Crippen molar-refractivity contribution in [2.24, 2.45) is 5.92 Å². The third kappa shape index (κ3) is 4.52. The maximum atomic E-state index is 12.6. The van der Waals surface area contributed by atoms with Crippen molar-refractivity contribution in [3.8, 4) is 0 Å². The Morgan fingerprint density at radius 2 is 1.96 bits per heavy atom. The van der Waals surface area contributed by atoms with Gasteiger partial charge in [-0.1, -0.05) is 18.2 Å². The molecule has 0 N–H and O–H groups in total. The highest BCUT2D eigenvalue weighted by Gasteiger charge is 2.27. The monoisotopic (exact) mass is 358 g/mol. The number of carbonyl (C=O) groups excluding carboxylic acids is 1. The number of aromatic nitrogens is 1. The summed E-state index contributed by atoms with van der Waals surface area (Å²) >= 11 is 0. The Morgan fingerprint density at radius 3 is 2.60 bits per heavy atom. The fourth-order valence-corrected chi connectivity index (χ4v) is 3.86. The van der Waals surface area contributed by atoms with Crippen LogP contribution >= 0.6 is 0 Å². The fraction of sp³-hybridized carbons (Fsp3) is 0.368. The van der Waals surface area contributed by atoms with Crippen molar-refractivity contribution in [3.05, 3.63) is 59.9 Å². The second kappa shape index (κ2) is 7.45. The van der Waals surface area contributed by atoms with Gasteiger partial charge in [-0.25, -0.2) is 8.42 Å². The summed E-state index contributed by atoms with van der Waals surface area (Å²) in [6.07, 6.45) is 4.72. The Hall–Kier alpha value is -2.05. The summed E-state index contributed by atoms with van der Waals surface area (Å²) < 4.78 is 23.1. The zero-order valence-electron chi connectivity index (χ0n) is 14.3. The lowest BCUT2D eigenvalue weighted by molar-refractivity contribution is 0.0806. The number of likely N-dealkylation sites (tertiary alicyclic amines) is 1. The van der Waals surface area contributed by atoms with Gasteiger partial charge in [0.25, 0.3) is 0 Å². The SMILES string of the molecule is CS(=O)(=O)c1ccc(CN2CCC[C@@H](C(=O)c3ccccn3)C2)cc1. The molecule has 1 aliphatic rings. The topological polar surface area (TPSA) is 67.3 Å². The molecule has 132 valence electrons. The molecule has 1 atom stereocenters. The van der Waals surface area contributed by atoms with E-state index in [2.05, 4.69) is 9.88 Å². The van der Waals surface area contributed by atoms with Crippen molar-refractivity contribution in [1.29, 1.82) is 0 Å². The maximum absolute atomic E-state index is 12.6. The molecule has 1 aromatic carbocycles. The minimum Gasteiger partial charge on any atom is -0.298 e. The molecule has 0 aliphatic carbocycles. The lowest BCUT2D eigenvalue weighted by Crippen LogP contribution is -2.38. The minimum absolute atomic E-state index is 0.0288. The second-order valence-electron chi connectivity index (χ2n) is 6.57. The lowest BCUT2D eigenvalue weighted by atomic mass is 9.91. The molecule has 6 heteroatoms. The van der Waals surface area contributed by atoms with E-state index >= 15 is 0 Å². The molecular weight excluding hydrogens is 336 g/mol. The molecule has 1 saturated heterocycles. The van der Waals surface area contributed by atoms with Gasteiger partial charge < -0.3 is 0 Å². The van der Waals surface area contributed by atoms with Crippen LogP contribution < -0.4 is 0 Å². The van der Waals surface area contributed by atoms with Crippen LogP contribution in [-0.2, 0) is 16.4 Å². The van der Waals surface area contributed by atoms with Crippen LogP contribution in [-0.4, -0.2) is 43.4 Å². The van der Waals surface area contributed by atoms with E-state index in [0.29, 0.717) is 17.1 Å². The Morgan fingerprint density at radius 1 is 1.20 bits per heavy atom. The van der Waals surface area contributed by atoms with Crippen molar-refractivity contribution in [2.45, 2.75) is 24.3 Å². The summed E-state index contributed by atoms with van der Waals surface area (Å²) in [7, 11) is -3.17. The van der Waals surface area contributed by atoms with Gasteiger partial charge >= 0.3 is 0 Å². The molecule has 5 nitrogen and oxygen atoms in total. The summed E-state index contributed by atoms with van der Waals surface area (Å²) in [5, 5.41) is 0. The summed E-state index contributed by atoms with van der Waals surface area (Å²) in [4.78, 5) is 19.4. The molecule has 1 aromatic heterocycles. The molecule has 0 unspecified atom stereocenters. The van der Waals surface area contributed by atoms with E-state index in [1.54, 1.807) is 24.4 Å². The van der Waals surface area contributed by atoms with Gasteiger partial charge in [-0.05, 0) is 49.2 Å². The normalized spacial score (nSPS) is 18.8. The van der Waals surface area contributed by atoms with Crippen molar-refractivity contribution in [1.82, 2.24) is 9.88 Å². The van der Waals surface area contributed by atoms with E-state index in [1.165, 1.54) is 6.26 Å². The number of rotatable bonds is 5. The zero-order valence-corrected chi connectivity index (χ0v) is 15.1. The van der Waals surface area contributed by atoms with E-state index < -0.39 is 9.84 Å². The standard InChI is InChI=1S/C19H22N2O3S/c1-25(23,24)17-9-7-15(8-10-17)13-21-12-4-5-16(14-21)19(22)18-6-2-3-11-20-18/h2-3,6-11,16H,4-5,12-14H2,1H3/t16-/m1/s1. The van der Waals surface area contributed by atoms with E-state index in [1.807, 2.05) is 24.3 Å². The largest absolute Gasteiger partial charge is 0.298 e. The number of nitrogens with zero attached hydrogens (tertiary/aromatic N) is 2. The molecule has 2 aromatic rings. The number of piperidine rings is 1. The quantitative estimate of drug-likeness (QED) is 0.769. The number of pyridine rings is 1. The van der Waals surface area contributed by atoms with Crippen LogP contribution in [0.5, 0.6) is 0 Å². The third-order valence-corrected chi connectivity index (χ3v) is 5.68. The van der Waals surface area contributed by atoms with Gasteiger partial charge in [-0.2, -0.15) is 0 Å². The van der Waals surface area contributed by atoms with E-state index in [-0.39, 0.29) is 11.7 Å². The van der Waals surface area contributed by atoms with Crippen molar-refractivity contribution >= 4 is 15.6 Å². The summed E-state index contributed by atoms with van der Waals surface area (Å²) in [5.41, 5.74) is 1.59. The number of carbonyl (C=O) groups is 1. The summed E-state index contributed by atoms with van der Waals surface area (Å²) in [6, 6.07) is 12.4. The Kier molecular flexibility index (Phi) is 5.30. The Bertz CT molecular complexity index is 833. The second-order valence-corrected chi connectivity index (χ2v) is 8.59. The summed E-state index contributed by atoms with van der Waals surface area (Å²) in [5.74, 6) is 0.0802. The van der Waals surface area contributed by atoms with Gasteiger partial charge in [0.15, 0.2) is 15.6 Å². The van der Waals surface area contributed by atoms with Crippen LogP contribution in [0.3, 0.4) is 0 Å². The van der Waals surface area contributed by atoms with Crippen LogP contribution in [0.25, 0.3) is 0 Å². The van der Waals surface area contributed by atoms with Gasteiger partial charge in [0.05, 0.1) is 4.90 Å². The van der Waals surface area contributed by atoms with Gasteiger partial charge in [-0.15, -0.1) is 0 Å². The Balaban J connectivity index is 1.65. The van der Waals surface area contributed by atoms with Crippen molar-refractivity contribution < 1.29 is 13.2 Å². The highest BCUT2D eigenvalue weighted by atomic mass is 32.2. The number of sulfone groups is 1. The molecule has 0 bridgehead atoms.